The average Bonchev–Trinajstić information content (AvgIpc) is 3.15. The van der Waals surface area contributed by atoms with Gasteiger partial charge in [-0.25, -0.2) is 13.3 Å². The fourth-order valence-electron chi connectivity index (χ4n) is 3.32. The number of amides is 1. The summed E-state index contributed by atoms with van der Waals surface area (Å²) in [5, 5.41) is 16.8. The van der Waals surface area contributed by atoms with Gasteiger partial charge in [0.05, 0.1) is 12.3 Å². The molecule has 0 unspecified atom stereocenters. The van der Waals surface area contributed by atoms with Crippen LogP contribution in [0.2, 0.25) is 0 Å². The second-order valence-corrected chi connectivity index (χ2v) is 6.89. The van der Waals surface area contributed by atoms with Gasteiger partial charge in [-0.1, -0.05) is 36.4 Å². The zero-order valence-electron chi connectivity index (χ0n) is 16.3. The molecule has 31 heavy (non-hydrogen) atoms. The number of nitrogens with zero attached hydrogens (tertiary/aromatic N) is 3. The first kappa shape index (κ1) is 20.4. The van der Waals surface area contributed by atoms with Crippen molar-refractivity contribution >= 4 is 11.4 Å². The van der Waals surface area contributed by atoms with Gasteiger partial charge in [-0.05, 0) is 6.07 Å². The number of carbonyl (C=O) groups excluding carboxylic acids is 1. The van der Waals surface area contributed by atoms with Gasteiger partial charge in [-0.15, -0.1) is 0 Å². The monoisotopic (exact) mass is 424 g/mol. The van der Waals surface area contributed by atoms with Crippen molar-refractivity contribution in [3.63, 3.8) is 0 Å². The summed E-state index contributed by atoms with van der Waals surface area (Å²) in [6.07, 6.45) is 2.94. The number of aliphatic hydroxyl groups excluding tert-OH is 1. The summed E-state index contributed by atoms with van der Waals surface area (Å²) in [6, 6.07) is 12.2. The van der Waals surface area contributed by atoms with Crippen LogP contribution in [0, 0.1) is 11.6 Å². The first-order valence-electron chi connectivity index (χ1n) is 9.45. The third-order valence-corrected chi connectivity index (χ3v) is 4.87. The van der Waals surface area contributed by atoms with Gasteiger partial charge in [0.25, 0.3) is 5.56 Å². The molecule has 0 fully saturated rings. The summed E-state index contributed by atoms with van der Waals surface area (Å²) in [5.74, 6) is -1.99. The summed E-state index contributed by atoms with van der Waals surface area (Å²) < 4.78 is 29.3. The predicted octanol–water partition coefficient (Wildman–Crippen LogP) is 2.25. The lowest BCUT2D eigenvalue weighted by atomic mass is 10.1. The van der Waals surface area contributed by atoms with Crippen LogP contribution in [-0.2, 0) is 24.5 Å². The molecule has 2 aromatic heterocycles. The normalized spacial score (nSPS) is 11.1. The van der Waals surface area contributed by atoms with Gasteiger partial charge in [0.1, 0.15) is 23.7 Å². The van der Waals surface area contributed by atoms with Crippen LogP contribution in [0.4, 0.5) is 8.78 Å². The van der Waals surface area contributed by atoms with Crippen molar-refractivity contribution in [2.75, 3.05) is 0 Å². The molecule has 0 aliphatic rings. The second-order valence-electron chi connectivity index (χ2n) is 6.89. The van der Waals surface area contributed by atoms with E-state index in [2.05, 4.69) is 10.4 Å². The number of aliphatic hydroxyl groups is 1. The molecule has 0 aliphatic heterocycles. The molecule has 2 aromatic carbocycles. The van der Waals surface area contributed by atoms with E-state index < -0.39 is 29.7 Å². The van der Waals surface area contributed by atoms with Crippen molar-refractivity contribution < 1.29 is 18.7 Å². The van der Waals surface area contributed by atoms with Crippen LogP contribution in [0.3, 0.4) is 0 Å². The smallest absolute Gasteiger partial charge is 0.277 e. The molecule has 7 nitrogen and oxygen atoms in total. The fourth-order valence-corrected chi connectivity index (χ4v) is 3.32. The van der Waals surface area contributed by atoms with Crippen LogP contribution in [-0.4, -0.2) is 25.2 Å². The average molecular weight is 424 g/mol. The minimum atomic E-state index is -0.765. The van der Waals surface area contributed by atoms with E-state index in [9.17, 15) is 23.5 Å². The Kier molecular flexibility index (Phi) is 5.59. The number of carbonyl (C=O) groups is 1. The van der Waals surface area contributed by atoms with Crippen molar-refractivity contribution in [3.8, 4) is 11.3 Å². The molecule has 0 saturated heterocycles. The van der Waals surface area contributed by atoms with E-state index >= 15 is 0 Å². The first-order valence-corrected chi connectivity index (χ1v) is 9.45. The largest absolute Gasteiger partial charge is 0.392 e. The molecule has 0 aliphatic carbocycles. The van der Waals surface area contributed by atoms with Crippen molar-refractivity contribution in [2.45, 2.75) is 19.7 Å². The van der Waals surface area contributed by atoms with Crippen molar-refractivity contribution in [2.24, 2.45) is 0 Å². The predicted molar refractivity (Wildman–Crippen MR) is 109 cm³/mol. The lowest BCUT2D eigenvalue weighted by molar-refractivity contribution is -0.121. The number of benzene rings is 2. The quantitative estimate of drug-likeness (QED) is 0.497. The maximum Gasteiger partial charge on any atom is 0.277 e. The van der Waals surface area contributed by atoms with Gasteiger partial charge in [0, 0.05) is 41.7 Å². The lowest BCUT2D eigenvalue weighted by Gasteiger charge is -2.09. The van der Waals surface area contributed by atoms with Gasteiger partial charge in [0.15, 0.2) is 0 Å². The van der Waals surface area contributed by atoms with Crippen LogP contribution >= 0.6 is 0 Å². The minimum Gasteiger partial charge on any atom is -0.392 e. The molecule has 0 atom stereocenters. The third-order valence-electron chi connectivity index (χ3n) is 4.87. The highest BCUT2D eigenvalue weighted by molar-refractivity contribution is 5.76. The van der Waals surface area contributed by atoms with Crippen LogP contribution < -0.4 is 10.9 Å². The zero-order valence-corrected chi connectivity index (χ0v) is 16.3. The Labute approximate surface area is 175 Å². The molecule has 0 saturated carbocycles. The van der Waals surface area contributed by atoms with Gasteiger partial charge < -0.3 is 15.0 Å². The van der Waals surface area contributed by atoms with E-state index in [4.69, 9.17) is 0 Å². The Morgan fingerprint density at radius 2 is 1.87 bits per heavy atom. The third kappa shape index (κ3) is 4.08. The molecule has 2 heterocycles. The van der Waals surface area contributed by atoms with Gasteiger partial charge in [0.2, 0.25) is 5.91 Å². The molecule has 1 amide bonds. The Balaban J connectivity index is 1.59. The highest BCUT2D eigenvalue weighted by Gasteiger charge is 2.18. The Hall–Kier alpha value is -3.85. The molecular formula is C22H18F2N4O3. The number of nitrogens with one attached hydrogen (secondary N) is 1. The number of hydrogen-bond acceptors (Lipinski definition) is 4. The Morgan fingerprint density at radius 1 is 1.10 bits per heavy atom. The van der Waals surface area contributed by atoms with E-state index in [1.165, 1.54) is 27.5 Å². The molecule has 9 heteroatoms. The van der Waals surface area contributed by atoms with Crippen LogP contribution in [0.25, 0.3) is 16.8 Å². The Morgan fingerprint density at radius 3 is 2.58 bits per heavy atom. The number of hydrogen-bond donors (Lipinski definition) is 2. The number of rotatable bonds is 6. The number of fused-ring (bicyclic) bond motifs is 1. The topological polar surface area (TPSA) is 88.6 Å². The Bertz CT molecular complexity index is 1320. The minimum absolute atomic E-state index is 0.128. The number of halogens is 2. The summed E-state index contributed by atoms with van der Waals surface area (Å²) in [6.45, 7) is -0.855. The fraction of sp³-hybridized carbons (Fsp3) is 0.136. The van der Waals surface area contributed by atoms with E-state index in [1.807, 2.05) is 30.3 Å². The van der Waals surface area contributed by atoms with Crippen molar-refractivity contribution in [1.29, 1.82) is 0 Å². The SMILES string of the molecule is O=C(Cn1ccn2nc(-c3ccccc3)c(CO)c2c1=O)NCc1ccc(F)cc1F. The summed E-state index contributed by atoms with van der Waals surface area (Å²) in [4.78, 5) is 25.3. The zero-order chi connectivity index (χ0) is 22.0. The molecular weight excluding hydrogens is 406 g/mol. The molecule has 0 spiro atoms. The van der Waals surface area contributed by atoms with Gasteiger partial charge in [-0.3, -0.25) is 9.59 Å². The van der Waals surface area contributed by atoms with Gasteiger partial charge in [-0.2, -0.15) is 5.10 Å². The van der Waals surface area contributed by atoms with E-state index in [0.717, 1.165) is 17.7 Å². The van der Waals surface area contributed by atoms with E-state index in [1.54, 1.807) is 0 Å². The van der Waals surface area contributed by atoms with Crippen LogP contribution in [0.1, 0.15) is 11.1 Å². The maximum atomic E-state index is 13.7. The lowest BCUT2D eigenvalue weighted by Crippen LogP contribution is -2.32. The van der Waals surface area contributed by atoms with Crippen LogP contribution in [0.15, 0.2) is 65.7 Å². The highest BCUT2D eigenvalue weighted by atomic mass is 19.1. The molecule has 0 radical (unpaired) electrons. The van der Waals surface area contributed by atoms with E-state index in [0.29, 0.717) is 11.3 Å². The highest BCUT2D eigenvalue weighted by Crippen LogP contribution is 2.24. The molecule has 158 valence electrons. The maximum absolute atomic E-state index is 13.7. The number of aromatic nitrogens is 3. The first-order chi connectivity index (χ1) is 15.0. The van der Waals surface area contributed by atoms with Crippen molar-refractivity contribution in [1.82, 2.24) is 19.5 Å². The van der Waals surface area contributed by atoms with Crippen LogP contribution in [0.5, 0.6) is 0 Å². The molecule has 2 N–H and O–H groups in total. The molecule has 4 aromatic rings. The summed E-state index contributed by atoms with van der Waals surface area (Å²) in [7, 11) is 0. The second kappa shape index (κ2) is 8.49. The van der Waals surface area contributed by atoms with Gasteiger partial charge >= 0.3 is 0 Å². The van der Waals surface area contributed by atoms with E-state index in [-0.39, 0.29) is 24.2 Å². The summed E-state index contributed by atoms with van der Waals surface area (Å²) in [5.41, 5.74) is 1.39. The molecule has 4 rings (SSSR count). The standard InChI is InChI=1S/C22H18F2N4O3/c23-16-7-6-15(18(24)10-16)11-25-19(30)12-27-8-9-28-21(22(27)31)17(13-29)20(26-28)14-4-2-1-3-5-14/h1-10,29H,11-13H2,(H,25,30). The molecule has 0 bridgehead atoms. The van der Waals surface area contributed by atoms with Crippen molar-refractivity contribution in [3.05, 3.63) is 94.0 Å². The summed E-state index contributed by atoms with van der Waals surface area (Å²) >= 11 is 0.